The molecule has 1 aromatic carbocycles. The highest BCUT2D eigenvalue weighted by atomic mass is 16.5. The molecule has 0 unspecified atom stereocenters. The molecule has 1 fully saturated rings. The van der Waals surface area contributed by atoms with E-state index in [1.54, 1.807) is 7.11 Å². The summed E-state index contributed by atoms with van der Waals surface area (Å²) in [6.45, 7) is 13.0. The number of benzene rings is 1. The van der Waals surface area contributed by atoms with E-state index >= 15 is 0 Å². The maximum Gasteiger partial charge on any atom is 0.198 e. The van der Waals surface area contributed by atoms with Gasteiger partial charge in [0.2, 0.25) is 0 Å². The van der Waals surface area contributed by atoms with Gasteiger partial charge in [0.25, 0.3) is 0 Å². The highest BCUT2D eigenvalue weighted by Gasteiger charge is 2.26. The number of nitrogens with zero attached hydrogens (tertiary/aromatic N) is 4. The predicted octanol–water partition coefficient (Wildman–Crippen LogP) is 5.27. The fraction of sp³-hybridized carbons (Fsp3) is 0.500. The third kappa shape index (κ3) is 4.67. The number of β-amino-alcohol motifs (C(OH)–C–C–N with tert-alkyl or cyclic N) is 1. The van der Waals surface area contributed by atoms with E-state index in [4.69, 9.17) is 4.74 Å². The van der Waals surface area contributed by atoms with Crippen molar-refractivity contribution in [1.82, 2.24) is 24.5 Å². The maximum atomic E-state index is 10.2. The van der Waals surface area contributed by atoms with E-state index in [9.17, 15) is 5.11 Å². The van der Waals surface area contributed by atoms with Gasteiger partial charge >= 0.3 is 0 Å². The number of ether oxygens (including phenoxy) is 1. The lowest BCUT2D eigenvalue weighted by molar-refractivity contribution is 0.0282. The van der Waals surface area contributed by atoms with Gasteiger partial charge in [0, 0.05) is 29.2 Å². The minimum Gasteiger partial charge on any atom is -0.493 e. The number of rotatable bonds is 6. The smallest absolute Gasteiger partial charge is 0.198 e. The molecule has 4 aromatic rings. The second kappa shape index (κ2) is 8.95. The molecule has 2 N–H and O–H groups in total. The summed E-state index contributed by atoms with van der Waals surface area (Å²) in [6, 6.07) is 8.97. The largest absolute Gasteiger partial charge is 0.493 e. The molecule has 0 amide bonds. The molecule has 1 aliphatic rings. The maximum absolute atomic E-state index is 10.2. The summed E-state index contributed by atoms with van der Waals surface area (Å²) < 4.78 is 7.47. The van der Waals surface area contributed by atoms with Gasteiger partial charge in [0.1, 0.15) is 5.82 Å². The lowest BCUT2D eigenvalue weighted by Gasteiger charge is -2.35. The van der Waals surface area contributed by atoms with Crippen molar-refractivity contribution in [3.05, 3.63) is 47.4 Å². The summed E-state index contributed by atoms with van der Waals surface area (Å²) in [5.41, 5.74) is 6.12. The number of aryl methyl sites for hydroxylation is 1. The zero-order valence-corrected chi connectivity index (χ0v) is 21.7. The van der Waals surface area contributed by atoms with E-state index in [0.717, 1.165) is 66.5 Å². The number of H-pyrrole nitrogens is 1. The van der Waals surface area contributed by atoms with Gasteiger partial charge in [-0.2, -0.15) is 5.10 Å². The first-order chi connectivity index (χ1) is 16.6. The lowest BCUT2D eigenvalue weighted by Crippen LogP contribution is -2.42. The summed E-state index contributed by atoms with van der Waals surface area (Å²) in [6.07, 6.45) is 4.28. The zero-order chi connectivity index (χ0) is 24.9. The summed E-state index contributed by atoms with van der Waals surface area (Å²) in [5.74, 6) is 2.33. The van der Waals surface area contributed by atoms with Crippen molar-refractivity contribution in [3.63, 3.8) is 0 Å². The van der Waals surface area contributed by atoms with Gasteiger partial charge in [0.05, 0.1) is 18.4 Å². The SMILES string of the molecule is COc1cc(-c2[nH]c3ccc(C4CCN(CC(C)(C)O)CC4)cc3c2C(C)C)cn2nc(C)nc12. The Balaban J connectivity index is 1.51. The van der Waals surface area contributed by atoms with E-state index in [1.807, 2.05) is 31.5 Å². The van der Waals surface area contributed by atoms with E-state index in [2.05, 4.69) is 58.1 Å². The first kappa shape index (κ1) is 23.8. The molecule has 0 saturated carbocycles. The van der Waals surface area contributed by atoms with E-state index in [1.165, 1.54) is 16.5 Å². The van der Waals surface area contributed by atoms with Gasteiger partial charge < -0.3 is 19.7 Å². The fourth-order valence-corrected chi connectivity index (χ4v) is 5.63. The lowest BCUT2D eigenvalue weighted by atomic mass is 9.87. The normalized spacial score (nSPS) is 16.1. The Hall–Kier alpha value is -2.90. The van der Waals surface area contributed by atoms with Crippen LogP contribution in [0, 0.1) is 6.92 Å². The summed E-state index contributed by atoms with van der Waals surface area (Å²) in [7, 11) is 1.68. The zero-order valence-electron chi connectivity index (χ0n) is 21.7. The van der Waals surface area contributed by atoms with Gasteiger partial charge in [-0.15, -0.1) is 0 Å². The molecule has 7 heteroatoms. The number of methoxy groups -OCH3 is 1. The monoisotopic (exact) mass is 475 g/mol. The number of pyridine rings is 1. The Labute approximate surface area is 207 Å². The molecule has 7 nitrogen and oxygen atoms in total. The van der Waals surface area contributed by atoms with Gasteiger partial charge in [-0.3, -0.25) is 0 Å². The van der Waals surface area contributed by atoms with Crippen molar-refractivity contribution >= 4 is 16.6 Å². The number of likely N-dealkylation sites (tertiary alicyclic amines) is 1. The van der Waals surface area contributed by atoms with Crippen LogP contribution in [0.25, 0.3) is 27.8 Å². The van der Waals surface area contributed by atoms with Crippen LogP contribution >= 0.6 is 0 Å². The van der Waals surface area contributed by atoms with E-state index < -0.39 is 5.60 Å². The van der Waals surface area contributed by atoms with Crippen LogP contribution in [0.2, 0.25) is 0 Å². The number of fused-ring (bicyclic) bond motifs is 2. The second-order valence-electron chi connectivity index (χ2n) is 11.0. The van der Waals surface area contributed by atoms with Crippen molar-refractivity contribution in [1.29, 1.82) is 0 Å². The van der Waals surface area contributed by atoms with Gasteiger partial charge in [-0.05, 0) is 87.9 Å². The van der Waals surface area contributed by atoms with Crippen molar-refractivity contribution in [2.45, 2.75) is 64.9 Å². The van der Waals surface area contributed by atoms with Crippen molar-refractivity contribution in [2.24, 2.45) is 0 Å². The Kier molecular flexibility index (Phi) is 6.09. The molecular weight excluding hydrogens is 438 g/mol. The average molecular weight is 476 g/mol. The van der Waals surface area contributed by atoms with E-state index in [0.29, 0.717) is 11.8 Å². The molecular formula is C28H37N5O2. The number of hydrogen-bond donors (Lipinski definition) is 2. The van der Waals surface area contributed by atoms with Crippen molar-refractivity contribution in [2.75, 3.05) is 26.7 Å². The Morgan fingerprint density at radius 2 is 1.94 bits per heavy atom. The van der Waals surface area contributed by atoms with Crippen molar-refractivity contribution in [3.8, 4) is 17.0 Å². The highest BCUT2D eigenvalue weighted by Crippen LogP contribution is 2.39. The molecule has 1 aliphatic heterocycles. The van der Waals surface area contributed by atoms with Gasteiger partial charge in [0.15, 0.2) is 11.4 Å². The molecule has 0 spiro atoms. The van der Waals surface area contributed by atoms with Crippen LogP contribution < -0.4 is 4.74 Å². The highest BCUT2D eigenvalue weighted by molar-refractivity contribution is 5.92. The van der Waals surface area contributed by atoms with Crippen LogP contribution in [-0.4, -0.2) is 61.9 Å². The second-order valence-corrected chi connectivity index (χ2v) is 11.0. The average Bonchev–Trinajstić information content (AvgIpc) is 3.37. The molecule has 5 rings (SSSR count). The van der Waals surface area contributed by atoms with Crippen LogP contribution in [0.4, 0.5) is 0 Å². The number of aliphatic hydroxyl groups is 1. The van der Waals surface area contributed by atoms with Gasteiger partial charge in [-0.25, -0.2) is 9.50 Å². The molecule has 0 aliphatic carbocycles. The van der Waals surface area contributed by atoms with Crippen LogP contribution in [0.15, 0.2) is 30.5 Å². The fourth-order valence-electron chi connectivity index (χ4n) is 5.63. The van der Waals surface area contributed by atoms with Crippen LogP contribution in [0.1, 0.15) is 69.3 Å². The molecule has 4 heterocycles. The Morgan fingerprint density at radius 3 is 2.60 bits per heavy atom. The Bertz CT molecular complexity index is 1350. The van der Waals surface area contributed by atoms with Crippen LogP contribution in [0.3, 0.4) is 0 Å². The van der Waals surface area contributed by atoms with Crippen LogP contribution in [0.5, 0.6) is 5.75 Å². The summed E-state index contributed by atoms with van der Waals surface area (Å²) >= 11 is 0. The predicted molar refractivity (Wildman–Crippen MR) is 140 cm³/mol. The molecule has 3 aromatic heterocycles. The number of nitrogens with one attached hydrogen (secondary N) is 1. The number of hydrogen-bond acceptors (Lipinski definition) is 5. The third-order valence-corrected chi connectivity index (χ3v) is 7.12. The summed E-state index contributed by atoms with van der Waals surface area (Å²) in [5, 5.41) is 16.0. The molecule has 35 heavy (non-hydrogen) atoms. The summed E-state index contributed by atoms with van der Waals surface area (Å²) in [4.78, 5) is 10.6. The Morgan fingerprint density at radius 1 is 1.20 bits per heavy atom. The molecule has 0 radical (unpaired) electrons. The van der Waals surface area contributed by atoms with Crippen LogP contribution in [-0.2, 0) is 0 Å². The van der Waals surface area contributed by atoms with E-state index in [-0.39, 0.29) is 0 Å². The van der Waals surface area contributed by atoms with Crippen molar-refractivity contribution < 1.29 is 9.84 Å². The quantitative estimate of drug-likeness (QED) is 0.397. The number of piperidine rings is 1. The first-order valence-electron chi connectivity index (χ1n) is 12.6. The number of aromatic nitrogens is 4. The minimum absolute atomic E-state index is 0.349. The number of aromatic amines is 1. The topological polar surface area (TPSA) is 78.7 Å². The molecule has 0 bridgehead atoms. The standard InChI is InChI=1S/C28H37N5O2/c1-17(2)25-22-13-20(19-9-11-32(12-10-19)16-28(4,5)34)7-8-23(22)30-26(25)21-14-24(35-6)27-29-18(3)31-33(27)15-21/h7-8,13-15,17,19,30,34H,9-12,16H2,1-6H3. The molecule has 186 valence electrons. The van der Waals surface area contributed by atoms with Gasteiger partial charge in [-0.1, -0.05) is 19.9 Å². The molecule has 0 atom stereocenters. The minimum atomic E-state index is -0.643. The first-order valence-corrected chi connectivity index (χ1v) is 12.6. The molecule has 1 saturated heterocycles. The third-order valence-electron chi connectivity index (χ3n) is 7.12.